The Labute approximate surface area is 162 Å². The summed E-state index contributed by atoms with van der Waals surface area (Å²) in [6.07, 6.45) is 0. The van der Waals surface area contributed by atoms with Crippen LogP contribution in [0, 0.1) is 0 Å². The zero-order valence-electron chi connectivity index (χ0n) is 14.8. The highest BCUT2D eigenvalue weighted by atomic mass is 127. The molecule has 0 atom stereocenters. The molecule has 0 unspecified atom stereocenters. The lowest BCUT2D eigenvalue weighted by Crippen LogP contribution is -2.39. The van der Waals surface area contributed by atoms with Gasteiger partial charge in [-0.1, -0.05) is 12.1 Å². The summed E-state index contributed by atoms with van der Waals surface area (Å²) in [5.41, 5.74) is 1.10. The molecule has 6 nitrogen and oxygen atoms in total. The number of ether oxygens (including phenoxy) is 3. The third-order valence-electron chi connectivity index (χ3n) is 2.96. The van der Waals surface area contributed by atoms with Gasteiger partial charge in [-0.25, -0.2) is 4.99 Å². The Kier molecular flexibility index (Phi) is 14.8. The maximum absolute atomic E-state index is 5.61. The van der Waals surface area contributed by atoms with E-state index in [4.69, 9.17) is 14.2 Å². The van der Waals surface area contributed by atoms with Crippen LogP contribution < -0.4 is 15.4 Å². The van der Waals surface area contributed by atoms with Crippen LogP contribution in [0.5, 0.6) is 5.75 Å². The van der Waals surface area contributed by atoms with Gasteiger partial charge in [0, 0.05) is 26.8 Å². The number of rotatable bonds is 11. The molecule has 1 aromatic carbocycles. The first kappa shape index (κ1) is 22.9. The highest BCUT2D eigenvalue weighted by Gasteiger charge is 1.99. The zero-order valence-corrected chi connectivity index (χ0v) is 17.2. The molecule has 0 aliphatic carbocycles. The molecule has 0 aromatic heterocycles. The van der Waals surface area contributed by atoms with Gasteiger partial charge in [-0.15, -0.1) is 24.0 Å². The second-order valence-electron chi connectivity index (χ2n) is 4.81. The smallest absolute Gasteiger partial charge is 0.191 e. The van der Waals surface area contributed by atoms with Crippen molar-refractivity contribution in [3.05, 3.63) is 29.8 Å². The van der Waals surface area contributed by atoms with Crippen LogP contribution in [0.15, 0.2) is 29.3 Å². The summed E-state index contributed by atoms with van der Waals surface area (Å²) >= 11 is 0. The molecule has 0 saturated carbocycles. The van der Waals surface area contributed by atoms with E-state index in [-0.39, 0.29) is 24.0 Å². The van der Waals surface area contributed by atoms with Crippen molar-refractivity contribution in [3.63, 3.8) is 0 Å². The average molecular weight is 451 g/mol. The highest BCUT2D eigenvalue weighted by molar-refractivity contribution is 14.0. The van der Waals surface area contributed by atoms with Crippen LogP contribution in [0.2, 0.25) is 0 Å². The van der Waals surface area contributed by atoms with Crippen LogP contribution >= 0.6 is 24.0 Å². The van der Waals surface area contributed by atoms with E-state index in [0.717, 1.165) is 37.0 Å². The number of nitrogens with zero attached hydrogens (tertiary/aromatic N) is 1. The summed E-state index contributed by atoms with van der Waals surface area (Å²) < 4.78 is 15.9. The minimum absolute atomic E-state index is 0. The highest BCUT2D eigenvalue weighted by Crippen LogP contribution is 2.14. The molecular weight excluding hydrogens is 421 g/mol. The molecule has 0 fully saturated rings. The largest absolute Gasteiger partial charge is 0.491 e. The molecule has 0 radical (unpaired) electrons. The third kappa shape index (κ3) is 10.7. The van der Waals surface area contributed by atoms with E-state index in [9.17, 15) is 0 Å². The molecule has 0 spiro atoms. The molecule has 2 N–H and O–H groups in total. The Morgan fingerprint density at radius 3 is 2.67 bits per heavy atom. The maximum Gasteiger partial charge on any atom is 0.191 e. The lowest BCUT2D eigenvalue weighted by molar-refractivity contribution is 0.146. The van der Waals surface area contributed by atoms with E-state index in [1.807, 2.05) is 38.1 Å². The molecular formula is C17H30IN3O3. The number of hydrogen-bond acceptors (Lipinski definition) is 4. The lowest BCUT2D eigenvalue weighted by atomic mass is 10.2. The fraction of sp³-hybridized carbons (Fsp3) is 0.588. The minimum atomic E-state index is 0. The van der Waals surface area contributed by atoms with Gasteiger partial charge in [0.05, 0.1) is 19.8 Å². The van der Waals surface area contributed by atoms with Gasteiger partial charge in [-0.3, -0.25) is 0 Å². The Bertz CT molecular complexity index is 458. The quantitative estimate of drug-likeness (QED) is 0.234. The van der Waals surface area contributed by atoms with Crippen LogP contribution in [0.25, 0.3) is 0 Å². The van der Waals surface area contributed by atoms with Crippen molar-refractivity contribution in [1.29, 1.82) is 0 Å². The van der Waals surface area contributed by atoms with Gasteiger partial charge in [-0.05, 0) is 31.5 Å². The number of benzene rings is 1. The van der Waals surface area contributed by atoms with Gasteiger partial charge >= 0.3 is 0 Å². The Balaban J connectivity index is 0.00000529. The van der Waals surface area contributed by atoms with Crippen LogP contribution in [0.1, 0.15) is 19.4 Å². The predicted molar refractivity (Wildman–Crippen MR) is 109 cm³/mol. The molecule has 0 saturated heterocycles. The second kappa shape index (κ2) is 15.5. The molecule has 0 bridgehead atoms. The van der Waals surface area contributed by atoms with Crippen molar-refractivity contribution in [2.24, 2.45) is 4.99 Å². The van der Waals surface area contributed by atoms with Crippen LogP contribution in [0.3, 0.4) is 0 Å². The molecule has 1 aromatic rings. The van der Waals surface area contributed by atoms with Gasteiger partial charge in [0.2, 0.25) is 0 Å². The standard InChI is InChI=1S/C17H29N3O3.HI/c1-4-18-17(19-9-10-22-5-2)20-14-15-7-6-8-16(13-15)23-12-11-21-3;/h6-8,13H,4-5,9-12,14H2,1-3H3,(H2,18,19,20);1H. The van der Waals surface area contributed by atoms with E-state index in [2.05, 4.69) is 15.6 Å². The SMILES string of the molecule is CCNC(=NCc1cccc(OCCOC)c1)NCCOCC.I. The number of hydrogen-bond donors (Lipinski definition) is 2. The molecule has 0 heterocycles. The minimum Gasteiger partial charge on any atom is -0.491 e. The van der Waals surface area contributed by atoms with Crippen molar-refractivity contribution in [1.82, 2.24) is 10.6 Å². The van der Waals surface area contributed by atoms with Crippen molar-refractivity contribution in [3.8, 4) is 5.75 Å². The number of methoxy groups -OCH3 is 1. The van der Waals surface area contributed by atoms with Gasteiger partial charge in [0.15, 0.2) is 5.96 Å². The normalized spacial score (nSPS) is 10.9. The Hall–Kier alpha value is -1.06. The summed E-state index contributed by atoms with van der Waals surface area (Å²) in [6, 6.07) is 7.95. The van der Waals surface area contributed by atoms with Gasteiger partial charge in [-0.2, -0.15) is 0 Å². The summed E-state index contributed by atoms with van der Waals surface area (Å²) in [4.78, 5) is 4.58. The molecule has 7 heteroatoms. The fourth-order valence-corrected chi connectivity index (χ4v) is 1.87. The van der Waals surface area contributed by atoms with Crippen molar-refractivity contribution >= 4 is 29.9 Å². The summed E-state index contributed by atoms with van der Waals surface area (Å²) in [5.74, 6) is 1.63. The first-order valence-corrected chi connectivity index (χ1v) is 8.10. The number of aliphatic imine (C=N–C) groups is 1. The Morgan fingerprint density at radius 2 is 1.96 bits per heavy atom. The van der Waals surface area contributed by atoms with Crippen molar-refractivity contribution < 1.29 is 14.2 Å². The third-order valence-corrected chi connectivity index (χ3v) is 2.96. The van der Waals surface area contributed by atoms with Gasteiger partial charge in [0.25, 0.3) is 0 Å². The maximum atomic E-state index is 5.61. The first-order valence-electron chi connectivity index (χ1n) is 8.10. The molecule has 0 amide bonds. The van der Waals surface area contributed by atoms with E-state index in [1.54, 1.807) is 7.11 Å². The lowest BCUT2D eigenvalue weighted by Gasteiger charge is -2.11. The van der Waals surface area contributed by atoms with Crippen LogP contribution in [-0.2, 0) is 16.0 Å². The van der Waals surface area contributed by atoms with Gasteiger partial charge < -0.3 is 24.8 Å². The predicted octanol–water partition coefficient (Wildman–Crippen LogP) is 2.42. The van der Waals surface area contributed by atoms with E-state index >= 15 is 0 Å². The monoisotopic (exact) mass is 451 g/mol. The summed E-state index contributed by atoms with van der Waals surface area (Å²) in [6.45, 7) is 8.70. The Morgan fingerprint density at radius 1 is 1.12 bits per heavy atom. The molecule has 0 aliphatic rings. The van der Waals surface area contributed by atoms with Crippen LogP contribution in [-0.4, -0.2) is 52.6 Å². The van der Waals surface area contributed by atoms with Crippen molar-refractivity contribution in [2.45, 2.75) is 20.4 Å². The summed E-state index contributed by atoms with van der Waals surface area (Å²) in [5, 5.41) is 6.47. The number of guanidine groups is 1. The molecule has 138 valence electrons. The van der Waals surface area contributed by atoms with Gasteiger partial charge in [0.1, 0.15) is 12.4 Å². The van der Waals surface area contributed by atoms with Crippen LogP contribution in [0.4, 0.5) is 0 Å². The first-order chi connectivity index (χ1) is 11.3. The number of halogens is 1. The molecule has 1 rings (SSSR count). The summed E-state index contributed by atoms with van der Waals surface area (Å²) in [7, 11) is 1.66. The molecule has 24 heavy (non-hydrogen) atoms. The van der Waals surface area contributed by atoms with E-state index in [1.165, 1.54) is 0 Å². The van der Waals surface area contributed by atoms with E-state index in [0.29, 0.717) is 26.4 Å². The number of nitrogens with one attached hydrogen (secondary N) is 2. The molecule has 0 aliphatic heterocycles. The van der Waals surface area contributed by atoms with Crippen molar-refractivity contribution in [2.75, 3.05) is 46.6 Å². The average Bonchev–Trinajstić information content (AvgIpc) is 2.57. The second-order valence-corrected chi connectivity index (χ2v) is 4.81. The fourth-order valence-electron chi connectivity index (χ4n) is 1.87. The van der Waals surface area contributed by atoms with E-state index < -0.39 is 0 Å². The topological polar surface area (TPSA) is 64.1 Å². The zero-order chi connectivity index (χ0) is 16.8.